The van der Waals surface area contributed by atoms with Crippen molar-refractivity contribution in [2.75, 3.05) is 19.0 Å². The van der Waals surface area contributed by atoms with Crippen molar-refractivity contribution in [3.05, 3.63) is 53.5 Å². The van der Waals surface area contributed by atoms with Crippen molar-refractivity contribution in [3.8, 4) is 0 Å². The molecule has 0 spiro atoms. The van der Waals surface area contributed by atoms with Crippen molar-refractivity contribution in [2.45, 2.75) is 20.0 Å². The number of anilines is 1. The van der Waals surface area contributed by atoms with E-state index in [9.17, 15) is 0 Å². The first kappa shape index (κ1) is 13.5. The zero-order valence-corrected chi connectivity index (χ0v) is 11.7. The van der Waals surface area contributed by atoms with E-state index in [1.165, 1.54) is 16.7 Å². The molecule has 0 aliphatic rings. The van der Waals surface area contributed by atoms with E-state index >= 15 is 0 Å². The van der Waals surface area contributed by atoms with E-state index in [1.807, 2.05) is 25.5 Å². The van der Waals surface area contributed by atoms with Crippen molar-refractivity contribution in [2.24, 2.45) is 0 Å². The molecule has 0 atom stereocenters. The van der Waals surface area contributed by atoms with Crippen LogP contribution in [-0.4, -0.2) is 24.1 Å². The molecular formula is C15H20N4. The molecule has 0 aromatic carbocycles. The first-order valence-electron chi connectivity index (χ1n) is 6.41. The van der Waals surface area contributed by atoms with Crippen LogP contribution >= 0.6 is 0 Å². The van der Waals surface area contributed by atoms with Crippen molar-refractivity contribution in [1.29, 1.82) is 0 Å². The normalized spacial score (nSPS) is 10.5. The minimum Gasteiger partial charge on any atom is -0.355 e. The first-order valence-corrected chi connectivity index (χ1v) is 6.41. The Labute approximate surface area is 114 Å². The van der Waals surface area contributed by atoms with Crippen LogP contribution in [0.4, 0.5) is 5.82 Å². The lowest BCUT2D eigenvalue weighted by molar-refractivity contribution is 0.807. The smallest absolute Gasteiger partial charge is 0.131 e. The van der Waals surface area contributed by atoms with Gasteiger partial charge in [0.2, 0.25) is 0 Å². The number of rotatable bonds is 5. The predicted octanol–water partition coefficient (Wildman–Crippen LogP) is 2.14. The Balaban J connectivity index is 2.13. The summed E-state index contributed by atoms with van der Waals surface area (Å²) in [4.78, 5) is 10.8. The Morgan fingerprint density at radius 1 is 1.26 bits per heavy atom. The lowest BCUT2D eigenvalue weighted by Crippen LogP contribution is -2.19. The lowest BCUT2D eigenvalue weighted by atomic mass is 10.2. The fourth-order valence-electron chi connectivity index (χ4n) is 2.17. The summed E-state index contributed by atoms with van der Waals surface area (Å²) in [5.74, 6) is 1.02. The Bertz CT molecular complexity index is 525. The zero-order valence-electron chi connectivity index (χ0n) is 11.7. The van der Waals surface area contributed by atoms with Gasteiger partial charge in [0.15, 0.2) is 0 Å². The lowest BCUT2D eigenvalue weighted by Gasteiger charge is -2.20. The summed E-state index contributed by atoms with van der Waals surface area (Å²) in [6.45, 7) is 3.76. The monoisotopic (exact) mass is 256 g/mol. The average Bonchev–Trinajstić information content (AvgIpc) is 2.40. The fourth-order valence-corrected chi connectivity index (χ4v) is 2.17. The standard InChI is InChI=1S/C15H20N4/c1-12-7-14(8-16-2)10-18-15(12)19(3)11-13-5-4-6-17-9-13/h4-7,9-10,16H,8,11H2,1-3H3. The number of hydrogen-bond donors (Lipinski definition) is 1. The second kappa shape index (κ2) is 6.29. The van der Waals surface area contributed by atoms with Crippen LogP contribution in [0.5, 0.6) is 0 Å². The van der Waals surface area contributed by atoms with Gasteiger partial charge < -0.3 is 10.2 Å². The predicted molar refractivity (Wildman–Crippen MR) is 78.1 cm³/mol. The van der Waals surface area contributed by atoms with Crippen LogP contribution in [-0.2, 0) is 13.1 Å². The molecule has 0 bridgehead atoms. The van der Waals surface area contributed by atoms with Crippen molar-refractivity contribution < 1.29 is 0 Å². The topological polar surface area (TPSA) is 41.1 Å². The molecule has 0 saturated carbocycles. The van der Waals surface area contributed by atoms with Gasteiger partial charge in [-0.3, -0.25) is 4.98 Å². The maximum Gasteiger partial charge on any atom is 0.131 e. The summed E-state index contributed by atoms with van der Waals surface area (Å²) in [6, 6.07) is 6.21. The van der Waals surface area contributed by atoms with E-state index in [4.69, 9.17) is 0 Å². The van der Waals surface area contributed by atoms with E-state index in [-0.39, 0.29) is 0 Å². The van der Waals surface area contributed by atoms with Crippen molar-refractivity contribution in [1.82, 2.24) is 15.3 Å². The van der Waals surface area contributed by atoms with E-state index in [2.05, 4.69) is 46.3 Å². The molecule has 4 nitrogen and oxygen atoms in total. The molecule has 19 heavy (non-hydrogen) atoms. The van der Waals surface area contributed by atoms with Crippen LogP contribution in [0.15, 0.2) is 36.8 Å². The number of hydrogen-bond acceptors (Lipinski definition) is 4. The molecule has 4 heteroatoms. The van der Waals surface area contributed by atoms with Gasteiger partial charge in [0, 0.05) is 38.7 Å². The van der Waals surface area contributed by atoms with Crippen LogP contribution in [0.25, 0.3) is 0 Å². The zero-order chi connectivity index (χ0) is 13.7. The quantitative estimate of drug-likeness (QED) is 0.890. The van der Waals surface area contributed by atoms with Gasteiger partial charge in [-0.25, -0.2) is 4.98 Å². The maximum atomic E-state index is 4.56. The molecule has 0 radical (unpaired) electrons. The summed E-state index contributed by atoms with van der Waals surface area (Å²) in [5.41, 5.74) is 3.59. The first-order chi connectivity index (χ1) is 9.20. The van der Waals surface area contributed by atoms with Crippen LogP contribution in [0, 0.1) is 6.92 Å². The molecule has 2 heterocycles. The van der Waals surface area contributed by atoms with Crippen LogP contribution < -0.4 is 10.2 Å². The molecule has 2 aromatic heterocycles. The second-order valence-electron chi connectivity index (χ2n) is 4.73. The number of nitrogens with one attached hydrogen (secondary N) is 1. The van der Waals surface area contributed by atoms with E-state index in [1.54, 1.807) is 6.20 Å². The second-order valence-corrected chi connectivity index (χ2v) is 4.73. The van der Waals surface area contributed by atoms with Crippen molar-refractivity contribution in [3.63, 3.8) is 0 Å². The van der Waals surface area contributed by atoms with Crippen LogP contribution in [0.3, 0.4) is 0 Å². The van der Waals surface area contributed by atoms with Gasteiger partial charge in [0.25, 0.3) is 0 Å². The highest BCUT2D eigenvalue weighted by Gasteiger charge is 2.07. The van der Waals surface area contributed by atoms with Gasteiger partial charge in [-0.05, 0) is 42.8 Å². The Morgan fingerprint density at radius 2 is 2.11 bits per heavy atom. The van der Waals surface area contributed by atoms with E-state index < -0.39 is 0 Å². The van der Waals surface area contributed by atoms with Gasteiger partial charge in [-0.15, -0.1) is 0 Å². The summed E-state index contributed by atoms with van der Waals surface area (Å²) in [5, 5.41) is 3.14. The highest BCUT2D eigenvalue weighted by Crippen LogP contribution is 2.18. The third kappa shape index (κ3) is 3.51. The van der Waals surface area contributed by atoms with Gasteiger partial charge in [0.1, 0.15) is 5.82 Å². The summed E-state index contributed by atoms with van der Waals surface area (Å²) in [7, 11) is 4.00. The van der Waals surface area contributed by atoms with Gasteiger partial charge in [-0.2, -0.15) is 0 Å². The maximum absolute atomic E-state index is 4.56. The van der Waals surface area contributed by atoms with Gasteiger partial charge in [0.05, 0.1) is 0 Å². The number of nitrogens with zero attached hydrogens (tertiary/aromatic N) is 3. The number of pyridine rings is 2. The summed E-state index contributed by atoms with van der Waals surface area (Å²) >= 11 is 0. The molecule has 0 unspecified atom stereocenters. The molecule has 0 amide bonds. The third-order valence-corrected chi connectivity index (χ3v) is 2.99. The SMILES string of the molecule is CNCc1cnc(N(C)Cc2cccnc2)c(C)c1. The number of aromatic nitrogens is 2. The molecule has 0 aliphatic heterocycles. The van der Waals surface area contributed by atoms with E-state index in [0.717, 1.165) is 18.9 Å². The fraction of sp³-hybridized carbons (Fsp3) is 0.333. The summed E-state index contributed by atoms with van der Waals surface area (Å²) in [6.07, 6.45) is 5.61. The minimum atomic E-state index is 0.813. The molecule has 0 saturated heterocycles. The van der Waals surface area contributed by atoms with E-state index in [0.29, 0.717) is 0 Å². The summed E-state index contributed by atoms with van der Waals surface area (Å²) < 4.78 is 0. The minimum absolute atomic E-state index is 0.813. The average molecular weight is 256 g/mol. The third-order valence-electron chi connectivity index (χ3n) is 2.99. The number of aryl methyl sites for hydroxylation is 1. The highest BCUT2D eigenvalue weighted by atomic mass is 15.2. The molecule has 2 aromatic rings. The largest absolute Gasteiger partial charge is 0.355 e. The highest BCUT2D eigenvalue weighted by molar-refractivity contribution is 5.47. The molecule has 1 N–H and O–H groups in total. The molecule has 2 rings (SSSR count). The molecule has 0 aliphatic carbocycles. The Kier molecular flexibility index (Phi) is 4.47. The van der Waals surface area contributed by atoms with Crippen LogP contribution in [0.1, 0.15) is 16.7 Å². The Morgan fingerprint density at radius 3 is 2.74 bits per heavy atom. The van der Waals surface area contributed by atoms with Crippen molar-refractivity contribution >= 4 is 5.82 Å². The van der Waals surface area contributed by atoms with Gasteiger partial charge in [-0.1, -0.05) is 6.07 Å². The Hall–Kier alpha value is -1.94. The van der Waals surface area contributed by atoms with Gasteiger partial charge >= 0.3 is 0 Å². The molecule has 100 valence electrons. The molecular weight excluding hydrogens is 236 g/mol. The van der Waals surface area contributed by atoms with Crippen LogP contribution in [0.2, 0.25) is 0 Å². The molecule has 0 fully saturated rings.